The van der Waals surface area contributed by atoms with Gasteiger partial charge in [0.05, 0.1) is 11.0 Å². The zero-order valence-electron chi connectivity index (χ0n) is 9.91. The third-order valence-electron chi connectivity index (χ3n) is 2.92. The molecule has 0 aliphatic carbocycles. The number of aliphatic hydroxyl groups is 2. The first-order valence-electron chi connectivity index (χ1n) is 5.50. The summed E-state index contributed by atoms with van der Waals surface area (Å²) in [6.45, 7) is 3.71. The predicted octanol–water partition coefficient (Wildman–Crippen LogP) is 1.89. The Kier molecular flexibility index (Phi) is 4.60. The third-order valence-corrected chi connectivity index (χ3v) is 2.92. The van der Waals surface area contributed by atoms with Crippen LogP contribution >= 0.6 is 0 Å². The molecule has 1 aromatic rings. The Bertz CT molecular complexity index is 375. The van der Waals surface area contributed by atoms with Gasteiger partial charge in [0.25, 0.3) is 5.69 Å². The molecular weight excluding hydrogens is 222 g/mol. The summed E-state index contributed by atoms with van der Waals surface area (Å²) in [6.07, 6.45) is -0.805. The second kappa shape index (κ2) is 5.75. The summed E-state index contributed by atoms with van der Waals surface area (Å²) >= 11 is 0. The molecule has 0 radical (unpaired) electrons. The highest BCUT2D eigenvalue weighted by molar-refractivity contribution is 5.33. The summed E-state index contributed by atoms with van der Waals surface area (Å²) in [4.78, 5) is 10.00. The van der Waals surface area contributed by atoms with Crippen LogP contribution in [0.15, 0.2) is 24.3 Å². The highest BCUT2D eigenvalue weighted by Crippen LogP contribution is 2.28. The maximum absolute atomic E-state index is 10.5. The van der Waals surface area contributed by atoms with E-state index in [0.717, 1.165) is 0 Å². The van der Waals surface area contributed by atoms with Gasteiger partial charge in [-0.2, -0.15) is 0 Å². The Labute approximate surface area is 99.9 Å². The first kappa shape index (κ1) is 13.6. The number of benzene rings is 1. The average Bonchev–Trinajstić information content (AvgIpc) is 2.29. The van der Waals surface area contributed by atoms with Crippen LogP contribution < -0.4 is 0 Å². The second-order valence-electron chi connectivity index (χ2n) is 4.38. The molecule has 5 heteroatoms. The van der Waals surface area contributed by atoms with Crippen LogP contribution in [0.1, 0.15) is 25.5 Å². The van der Waals surface area contributed by atoms with Crippen LogP contribution in [0.3, 0.4) is 0 Å². The molecule has 0 aliphatic heterocycles. The number of aliphatic hydroxyl groups excluding tert-OH is 2. The van der Waals surface area contributed by atoms with Crippen molar-refractivity contribution in [3.63, 3.8) is 0 Å². The lowest BCUT2D eigenvalue weighted by atomic mass is 9.87. The van der Waals surface area contributed by atoms with Crippen LogP contribution in [0.25, 0.3) is 0 Å². The molecule has 0 bridgehead atoms. The zero-order valence-corrected chi connectivity index (χ0v) is 9.91. The minimum Gasteiger partial charge on any atom is -0.396 e. The fraction of sp³-hybridized carbons (Fsp3) is 0.500. The van der Waals surface area contributed by atoms with Crippen molar-refractivity contribution >= 4 is 5.69 Å². The first-order chi connectivity index (χ1) is 7.97. The van der Waals surface area contributed by atoms with Crippen LogP contribution in [0.4, 0.5) is 5.69 Å². The molecule has 0 heterocycles. The maximum atomic E-state index is 10.5. The molecule has 5 nitrogen and oxygen atoms in total. The Hall–Kier alpha value is -1.46. The van der Waals surface area contributed by atoms with E-state index in [1.165, 1.54) is 24.3 Å². The Morgan fingerprint density at radius 2 is 1.82 bits per heavy atom. The largest absolute Gasteiger partial charge is 0.396 e. The third kappa shape index (κ3) is 3.25. The van der Waals surface area contributed by atoms with Crippen molar-refractivity contribution in [3.05, 3.63) is 39.9 Å². The monoisotopic (exact) mass is 239 g/mol. The molecule has 0 saturated carbocycles. The van der Waals surface area contributed by atoms with Crippen LogP contribution in [0.2, 0.25) is 0 Å². The number of rotatable bonds is 5. The van der Waals surface area contributed by atoms with Crippen LogP contribution in [-0.4, -0.2) is 21.7 Å². The summed E-state index contributed by atoms with van der Waals surface area (Å²) in [6, 6.07) is 5.75. The molecule has 0 aromatic heterocycles. The Morgan fingerprint density at radius 3 is 2.18 bits per heavy atom. The van der Waals surface area contributed by atoms with Gasteiger partial charge in [0.15, 0.2) is 0 Å². The highest BCUT2D eigenvalue weighted by Gasteiger charge is 2.23. The molecule has 1 aromatic carbocycles. The lowest BCUT2D eigenvalue weighted by Crippen LogP contribution is -2.22. The summed E-state index contributed by atoms with van der Waals surface area (Å²) in [7, 11) is 0. The fourth-order valence-corrected chi connectivity index (χ4v) is 1.72. The minimum absolute atomic E-state index is 0.00829. The van der Waals surface area contributed by atoms with Crippen molar-refractivity contribution in [1.29, 1.82) is 0 Å². The van der Waals surface area contributed by atoms with E-state index in [1.807, 2.05) is 13.8 Å². The van der Waals surface area contributed by atoms with Gasteiger partial charge in [-0.3, -0.25) is 10.1 Å². The number of non-ortho nitro benzene ring substituents is 1. The van der Waals surface area contributed by atoms with Crippen molar-refractivity contribution in [3.8, 4) is 0 Å². The normalized spacial score (nSPS) is 14.6. The number of hydrogen-bond donors (Lipinski definition) is 2. The zero-order chi connectivity index (χ0) is 13.0. The number of nitro groups is 1. The van der Waals surface area contributed by atoms with Gasteiger partial charge in [-0.15, -0.1) is 0 Å². The van der Waals surface area contributed by atoms with Gasteiger partial charge in [-0.05, 0) is 23.6 Å². The van der Waals surface area contributed by atoms with E-state index >= 15 is 0 Å². The summed E-state index contributed by atoms with van der Waals surface area (Å²) < 4.78 is 0. The van der Waals surface area contributed by atoms with Crippen molar-refractivity contribution in [1.82, 2.24) is 0 Å². The van der Waals surface area contributed by atoms with Crippen molar-refractivity contribution in [2.24, 2.45) is 11.8 Å². The van der Waals surface area contributed by atoms with Gasteiger partial charge in [-0.25, -0.2) is 0 Å². The quantitative estimate of drug-likeness (QED) is 0.607. The molecule has 2 N–H and O–H groups in total. The van der Waals surface area contributed by atoms with E-state index in [0.29, 0.717) is 5.56 Å². The van der Waals surface area contributed by atoms with Gasteiger partial charge in [0.2, 0.25) is 0 Å². The van der Waals surface area contributed by atoms with E-state index in [-0.39, 0.29) is 24.1 Å². The van der Waals surface area contributed by atoms with E-state index < -0.39 is 11.0 Å². The van der Waals surface area contributed by atoms with Crippen LogP contribution in [0.5, 0.6) is 0 Å². The molecular formula is C12H17NO4. The smallest absolute Gasteiger partial charge is 0.269 e. The van der Waals surface area contributed by atoms with Crippen LogP contribution in [-0.2, 0) is 0 Å². The lowest BCUT2D eigenvalue weighted by Gasteiger charge is -2.24. The molecule has 0 saturated heterocycles. The highest BCUT2D eigenvalue weighted by atomic mass is 16.6. The molecule has 0 spiro atoms. The first-order valence-corrected chi connectivity index (χ1v) is 5.50. The molecule has 2 atom stereocenters. The molecule has 94 valence electrons. The minimum atomic E-state index is -0.805. The molecule has 1 rings (SSSR count). The molecule has 0 fully saturated rings. The van der Waals surface area contributed by atoms with Crippen molar-refractivity contribution < 1.29 is 15.1 Å². The van der Waals surface area contributed by atoms with E-state index in [9.17, 15) is 20.3 Å². The number of hydrogen-bond acceptors (Lipinski definition) is 4. The SMILES string of the molecule is CC(C)[C@@H](CO)[C@@H](O)c1ccc([N+](=O)[O-])cc1. The average molecular weight is 239 g/mol. The van der Waals surface area contributed by atoms with E-state index in [2.05, 4.69) is 0 Å². The number of nitrogens with zero attached hydrogens (tertiary/aromatic N) is 1. The second-order valence-corrected chi connectivity index (χ2v) is 4.38. The summed E-state index contributed by atoms with van der Waals surface area (Å²) in [5.74, 6) is -0.137. The van der Waals surface area contributed by atoms with Gasteiger partial charge < -0.3 is 10.2 Å². The Morgan fingerprint density at radius 1 is 1.29 bits per heavy atom. The van der Waals surface area contributed by atoms with Crippen molar-refractivity contribution in [2.75, 3.05) is 6.61 Å². The molecule has 0 unspecified atom stereocenters. The fourth-order valence-electron chi connectivity index (χ4n) is 1.72. The topological polar surface area (TPSA) is 83.6 Å². The predicted molar refractivity (Wildman–Crippen MR) is 63.5 cm³/mol. The van der Waals surface area contributed by atoms with Gasteiger partial charge in [0, 0.05) is 24.7 Å². The summed E-state index contributed by atoms with van der Waals surface area (Å²) in [5, 5.41) is 29.7. The van der Waals surface area contributed by atoms with Crippen molar-refractivity contribution in [2.45, 2.75) is 20.0 Å². The van der Waals surface area contributed by atoms with E-state index in [1.54, 1.807) is 0 Å². The van der Waals surface area contributed by atoms with Gasteiger partial charge in [-0.1, -0.05) is 13.8 Å². The standard InChI is InChI=1S/C12H17NO4/c1-8(2)11(7-14)12(15)9-3-5-10(6-4-9)13(16)17/h3-6,8,11-12,14-15H,7H2,1-2H3/t11-,12+/m1/s1. The molecule has 0 aliphatic rings. The van der Waals surface area contributed by atoms with E-state index in [4.69, 9.17) is 0 Å². The van der Waals surface area contributed by atoms with Gasteiger partial charge in [0.1, 0.15) is 0 Å². The summed E-state index contributed by atoms with van der Waals surface area (Å²) in [5.41, 5.74) is 0.578. The lowest BCUT2D eigenvalue weighted by molar-refractivity contribution is -0.384. The molecule has 0 amide bonds. The number of nitro benzene ring substituents is 1. The molecule has 17 heavy (non-hydrogen) atoms. The van der Waals surface area contributed by atoms with Gasteiger partial charge >= 0.3 is 0 Å². The van der Waals surface area contributed by atoms with Crippen LogP contribution in [0, 0.1) is 22.0 Å². The maximum Gasteiger partial charge on any atom is 0.269 e. The Balaban J connectivity index is 2.88.